The van der Waals surface area contributed by atoms with Gasteiger partial charge in [-0.3, -0.25) is 0 Å². The van der Waals surface area contributed by atoms with Crippen molar-refractivity contribution in [3.05, 3.63) is 33.5 Å². The number of hydrogen-bond acceptors (Lipinski definition) is 4. The number of aryl methyl sites for hydroxylation is 2. The number of rotatable bonds is 5. The highest BCUT2D eigenvalue weighted by Crippen LogP contribution is 2.18. The first-order valence-corrected chi connectivity index (χ1v) is 9.94. The smallest absolute Gasteiger partial charge is 0.192 e. The van der Waals surface area contributed by atoms with Gasteiger partial charge in [-0.2, -0.15) is 0 Å². The molecular weight excluding hydrogens is 459 g/mol. The second-order valence-corrected chi connectivity index (χ2v) is 7.75. The van der Waals surface area contributed by atoms with Crippen molar-refractivity contribution in [2.45, 2.75) is 65.1 Å². The van der Waals surface area contributed by atoms with Crippen LogP contribution in [0.3, 0.4) is 0 Å². The molecule has 1 saturated carbocycles. The van der Waals surface area contributed by atoms with Crippen LogP contribution >= 0.6 is 35.3 Å². The summed E-state index contributed by atoms with van der Waals surface area (Å²) in [6.45, 7) is 5.45. The van der Waals surface area contributed by atoms with Crippen LogP contribution in [-0.2, 0) is 20.1 Å². The molecule has 1 aliphatic rings. The molecule has 0 radical (unpaired) electrons. The maximum absolute atomic E-state index is 4.77. The quantitative estimate of drug-likeness (QED) is 0.383. The van der Waals surface area contributed by atoms with Crippen LogP contribution in [0, 0.1) is 13.8 Å². The van der Waals surface area contributed by atoms with E-state index in [-0.39, 0.29) is 24.0 Å². The minimum Gasteiger partial charge on any atom is -0.354 e. The van der Waals surface area contributed by atoms with Crippen molar-refractivity contribution in [2.75, 3.05) is 0 Å². The summed E-state index contributed by atoms with van der Waals surface area (Å²) < 4.78 is 1.99. The van der Waals surface area contributed by atoms with Crippen LogP contribution in [0.2, 0.25) is 0 Å². The van der Waals surface area contributed by atoms with Crippen LogP contribution < -0.4 is 10.6 Å². The van der Waals surface area contributed by atoms with Crippen LogP contribution in [0.25, 0.3) is 0 Å². The Morgan fingerprint density at radius 3 is 2.65 bits per heavy atom. The molecule has 2 N–H and O–H groups in total. The predicted molar refractivity (Wildman–Crippen MR) is 118 cm³/mol. The number of guanidine groups is 1. The van der Waals surface area contributed by atoms with Crippen LogP contribution in [0.4, 0.5) is 0 Å². The van der Waals surface area contributed by atoms with E-state index in [9.17, 15) is 0 Å². The first-order chi connectivity index (χ1) is 12.1. The lowest BCUT2D eigenvalue weighted by Crippen LogP contribution is -2.44. The van der Waals surface area contributed by atoms with Gasteiger partial charge in [0.1, 0.15) is 12.4 Å². The molecule has 2 heterocycles. The fourth-order valence-electron chi connectivity index (χ4n) is 3.08. The molecule has 0 bridgehead atoms. The highest BCUT2D eigenvalue weighted by molar-refractivity contribution is 14.0. The molecule has 0 saturated heterocycles. The van der Waals surface area contributed by atoms with Gasteiger partial charge in [-0.15, -0.1) is 45.5 Å². The Balaban J connectivity index is 0.00000243. The first kappa shape index (κ1) is 21.1. The molecule has 2 aromatic rings. The number of nitrogens with zero attached hydrogens (tertiary/aromatic N) is 4. The molecule has 3 rings (SSSR count). The van der Waals surface area contributed by atoms with E-state index < -0.39 is 0 Å². The molecule has 0 unspecified atom stereocenters. The average molecular weight is 488 g/mol. The summed E-state index contributed by atoms with van der Waals surface area (Å²) in [4.78, 5) is 6.12. The molecular formula is C18H29IN6S. The van der Waals surface area contributed by atoms with E-state index in [4.69, 9.17) is 4.99 Å². The highest BCUT2D eigenvalue weighted by atomic mass is 127. The standard InChI is InChI=1S/C18H28N6S.HI/c1-13-9-10-25-16(13)11-19-18(21-15-7-5-4-6-8-15)20-12-17-23-22-14(2)24(17)3;/h9-10,15H,4-8,11-12H2,1-3H3,(H2,19,20,21);1H. The molecule has 0 atom stereocenters. The van der Waals surface area contributed by atoms with Crippen LogP contribution in [-0.4, -0.2) is 26.8 Å². The Morgan fingerprint density at radius 2 is 2.04 bits per heavy atom. The van der Waals surface area contributed by atoms with Gasteiger partial charge in [-0.25, -0.2) is 4.99 Å². The lowest BCUT2D eigenvalue weighted by molar-refractivity contribution is 0.409. The zero-order valence-electron chi connectivity index (χ0n) is 15.8. The molecule has 8 heteroatoms. The Morgan fingerprint density at radius 1 is 1.27 bits per heavy atom. The summed E-state index contributed by atoms with van der Waals surface area (Å²) in [7, 11) is 1.98. The summed E-state index contributed by atoms with van der Waals surface area (Å²) in [5, 5.41) is 17.6. The number of halogens is 1. The SMILES string of the molecule is Cc1ccsc1CNC(=NCc1nnc(C)n1C)NC1CCCCC1.I. The largest absolute Gasteiger partial charge is 0.354 e. The second-order valence-electron chi connectivity index (χ2n) is 6.75. The summed E-state index contributed by atoms with van der Waals surface area (Å²) in [6.07, 6.45) is 6.41. The maximum atomic E-state index is 4.77. The van der Waals surface area contributed by atoms with E-state index in [1.54, 1.807) is 11.3 Å². The minimum atomic E-state index is 0. The van der Waals surface area contributed by atoms with Crippen molar-refractivity contribution in [3.8, 4) is 0 Å². The Hall–Kier alpha value is -1.16. The van der Waals surface area contributed by atoms with Crippen LogP contribution in [0.1, 0.15) is 54.2 Å². The van der Waals surface area contributed by atoms with Gasteiger partial charge >= 0.3 is 0 Å². The summed E-state index contributed by atoms with van der Waals surface area (Å²) in [6, 6.07) is 2.68. The number of aliphatic imine (C=N–C) groups is 1. The summed E-state index contributed by atoms with van der Waals surface area (Å²) >= 11 is 1.79. The lowest BCUT2D eigenvalue weighted by Gasteiger charge is -2.25. The molecule has 26 heavy (non-hydrogen) atoms. The molecule has 1 fully saturated rings. The second kappa shape index (κ2) is 10.2. The zero-order valence-corrected chi connectivity index (χ0v) is 18.9. The van der Waals surface area contributed by atoms with Gasteiger partial charge in [0.15, 0.2) is 11.8 Å². The lowest BCUT2D eigenvalue weighted by atomic mass is 9.96. The van der Waals surface area contributed by atoms with Crippen LogP contribution in [0.15, 0.2) is 16.4 Å². The van der Waals surface area contributed by atoms with Crippen molar-refractivity contribution in [1.82, 2.24) is 25.4 Å². The van der Waals surface area contributed by atoms with Crippen LogP contribution in [0.5, 0.6) is 0 Å². The predicted octanol–water partition coefficient (Wildman–Crippen LogP) is 3.68. The van der Waals surface area contributed by atoms with Gasteiger partial charge in [-0.1, -0.05) is 19.3 Å². The van der Waals surface area contributed by atoms with Gasteiger partial charge in [0.2, 0.25) is 0 Å². The van der Waals surface area contributed by atoms with E-state index in [0.717, 1.165) is 24.2 Å². The van der Waals surface area contributed by atoms with E-state index in [1.165, 1.54) is 42.5 Å². The van der Waals surface area contributed by atoms with Gasteiger partial charge < -0.3 is 15.2 Å². The van der Waals surface area contributed by atoms with Gasteiger partial charge in [0.25, 0.3) is 0 Å². The van der Waals surface area contributed by atoms with Crippen molar-refractivity contribution < 1.29 is 0 Å². The van der Waals surface area contributed by atoms with E-state index in [1.807, 2.05) is 18.5 Å². The third kappa shape index (κ3) is 5.67. The normalized spacial score (nSPS) is 15.6. The minimum absolute atomic E-state index is 0. The molecule has 0 aliphatic heterocycles. The topological polar surface area (TPSA) is 67.1 Å². The molecule has 1 aliphatic carbocycles. The van der Waals surface area contributed by atoms with Crippen molar-refractivity contribution in [1.29, 1.82) is 0 Å². The Labute approximate surface area is 176 Å². The van der Waals surface area contributed by atoms with Crippen molar-refractivity contribution in [3.63, 3.8) is 0 Å². The monoisotopic (exact) mass is 488 g/mol. The highest BCUT2D eigenvalue weighted by Gasteiger charge is 2.15. The third-order valence-corrected chi connectivity index (χ3v) is 5.91. The Kier molecular flexibility index (Phi) is 8.33. The molecule has 6 nitrogen and oxygen atoms in total. The van der Waals surface area contributed by atoms with Gasteiger partial charge in [0, 0.05) is 18.0 Å². The zero-order chi connectivity index (χ0) is 17.6. The molecule has 2 aromatic heterocycles. The van der Waals surface area contributed by atoms with Gasteiger partial charge in [0.05, 0.1) is 6.54 Å². The van der Waals surface area contributed by atoms with E-state index >= 15 is 0 Å². The van der Waals surface area contributed by atoms with E-state index in [2.05, 4.69) is 39.2 Å². The van der Waals surface area contributed by atoms with E-state index in [0.29, 0.717) is 12.6 Å². The maximum Gasteiger partial charge on any atom is 0.192 e. The fourth-order valence-corrected chi connectivity index (χ4v) is 3.93. The van der Waals surface area contributed by atoms with Crippen molar-refractivity contribution >= 4 is 41.3 Å². The number of thiophene rings is 1. The molecule has 0 amide bonds. The third-order valence-electron chi connectivity index (χ3n) is 4.89. The molecule has 144 valence electrons. The Bertz CT molecular complexity index is 717. The number of aromatic nitrogens is 3. The number of hydrogen-bond donors (Lipinski definition) is 2. The molecule has 0 aromatic carbocycles. The number of nitrogens with one attached hydrogen (secondary N) is 2. The fraction of sp³-hybridized carbons (Fsp3) is 0.611. The van der Waals surface area contributed by atoms with Gasteiger partial charge in [-0.05, 0) is 43.7 Å². The van der Waals surface area contributed by atoms with Crippen molar-refractivity contribution in [2.24, 2.45) is 12.0 Å². The first-order valence-electron chi connectivity index (χ1n) is 9.06. The summed E-state index contributed by atoms with van der Waals surface area (Å²) in [5.41, 5.74) is 1.33. The summed E-state index contributed by atoms with van der Waals surface area (Å²) in [5.74, 6) is 2.67. The molecule has 0 spiro atoms. The average Bonchev–Trinajstić information content (AvgIpc) is 3.17.